The van der Waals surface area contributed by atoms with Crippen LogP contribution >= 0.6 is 24.0 Å². The van der Waals surface area contributed by atoms with Gasteiger partial charge in [0.25, 0.3) is 5.91 Å². The van der Waals surface area contributed by atoms with Crippen molar-refractivity contribution in [2.75, 3.05) is 27.2 Å². The van der Waals surface area contributed by atoms with Gasteiger partial charge in [0.1, 0.15) is 5.82 Å². The van der Waals surface area contributed by atoms with Gasteiger partial charge < -0.3 is 20.0 Å². The second-order valence-corrected chi connectivity index (χ2v) is 6.00. The molecule has 0 bridgehead atoms. The van der Waals surface area contributed by atoms with Crippen molar-refractivity contribution in [3.8, 4) is 0 Å². The first kappa shape index (κ1) is 22.9. The van der Waals surface area contributed by atoms with E-state index in [9.17, 15) is 9.18 Å². The third kappa shape index (κ3) is 7.20. The number of carbonyl (C=O) groups is 1. The summed E-state index contributed by atoms with van der Waals surface area (Å²) in [5.74, 6) is 0.645. The summed E-state index contributed by atoms with van der Waals surface area (Å²) < 4.78 is 18.1. The molecule has 2 N–H and O–H groups in total. The maximum atomic E-state index is 13.0. The highest BCUT2D eigenvalue weighted by Crippen LogP contribution is 2.08. The smallest absolute Gasteiger partial charge is 0.287 e. The van der Waals surface area contributed by atoms with Crippen molar-refractivity contribution >= 4 is 35.8 Å². The van der Waals surface area contributed by atoms with Gasteiger partial charge in [0, 0.05) is 39.3 Å². The zero-order chi connectivity index (χ0) is 18.9. The van der Waals surface area contributed by atoms with Crippen LogP contribution in [0.15, 0.2) is 46.0 Å². The van der Waals surface area contributed by atoms with Crippen molar-refractivity contribution in [3.05, 3.63) is 59.3 Å². The SMILES string of the molecule is CN=C(NCCCNC(=O)c1occc1C)N(C)Cc1ccc(F)cc1.I. The molecule has 0 atom stereocenters. The second kappa shape index (κ2) is 11.6. The summed E-state index contributed by atoms with van der Waals surface area (Å²) in [5.41, 5.74) is 1.82. The highest BCUT2D eigenvalue weighted by atomic mass is 127. The molecule has 2 aromatic rings. The number of carbonyl (C=O) groups excluding carboxylic acids is 1. The van der Waals surface area contributed by atoms with E-state index in [0.717, 1.165) is 23.5 Å². The molecule has 148 valence electrons. The van der Waals surface area contributed by atoms with Crippen LogP contribution < -0.4 is 10.6 Å². The fourth-order valence-electron chi connectivity index (χ4n) is 2.50. The Hall–Kier alpha value is -2.10. The van der Waals surface area contributed by atoms with E-state index in [0.29, 0.717) is 25.4 Å². The predicted molar refractivity (Wildman–Crippen MR) is 115 cm³/mol. The van der Waals surface area contributed by atoms with E-state index in [1.807, 2.05) is 18.9 Å². The van der Waals surface area contributed by atoms with Crippen LogP contribution in [0.2, 0.25) is 0 Å². The largest absolute Gasteiger partial charge is 0.459 e. The molecule has 0 aliphatic heterocycles. The lowest BCUT2D eigenvalue weighted by atomic mass is 10.2. The molecule has 0 radical (unpaired) electrons. The molecule has 1 amide bonds. The summed E-state index contributed by atoms with van der Waals surface area (Å²) in [4.78, 5) is 18.1. The van der Waals surface area contributed by atoms with Gasteiger partial charge >= 0.3 is 0 Å². The Balaban J connectivity index is 0.00000364. The van der Waals surface area contributed by atoms with Gasteiger partial charge in [0.2, 0.25) is 0 Å². The van der Waals surface area contributed by atoms with Crippen LogP contribution in [0, 0.1) is 12.7 Å². The molecule has 0 saturated heterocycles. The lowest BCUT2D eigenvalue weighted by molar-refractivity contribution is 0.0925. The van der Waals surface area contributed by atoms with Crippen LogP contribution in [0.5, 0.6) is 0 Å². The van der Waals surface area contributed by atoms with Crippen molar-refractivity contribution in [2.45, 2.75) is 19.9 Å². The molecule has 0 spiro atoms. The topological polar surface area (TPSA) is 69.9 Å². The number of benzene rings is 1. The highest BCUT2D eigenvalue weighted by Gasteiger charge is 2.11. The summed E-state index contributed by atoms with van der Waals surface area (Å²) in [7, 11) is 3.63. The lowest BCUT2D eigenvalue weighted by Crippen LogP contribution is -2.39. The Morgan fingerprint density at radius 3 is 2.44 bits per heavy atom. The molecule has 0 fully saturated rings. The number of rotatable bonds is 7. The van der Waals surface area contributed by atoms with Crippen molar-refractivity contribution in [2.24, 2.45) is 4.99 Å². The number of aryl methyl sites for hydroxylation is 1. The van der Waals surface area contributed by atoms with Crippen LogP contribution in [0.3, 0.4) is 0 Å². The second-order valence-electron chi connectivity index (χ2n) is 6.00. The average Bonchev–Trinajstić information content (AvgIpc) is 3.06. The average molecular weight is 488 g/mol. The van der Waals surface area contributed by atoms with Gasteiger partial charge in [-0.15, -0.1) is 24.0 Å². The standard InChI is InChI=1S/C19H25FN4O2.HI/c1-14-9-12-26-17(14)18(25)22-10-4-11-23-19(21-2)24(3)13-15-5-7-16(20)8-6-15;/h5-9,12H,4,10-11,13H2,1-3H3,(H,21,23)(H,22,25);1H. The fourth-order valence-corrected chi connectivity index (χ4v) is 2.50. The van der Waals surface area contributed by atoms with Crippen LogP contribution in [-0.4, -0.2) is 44.0 Å². The Kier molecular flexibility index (Phi) is 9.84. The van der Waals surface area contributed by atoms with E-state index in [1.54, 1.807) is 25.2 Å². The van der Waals surface area contributed by atoms with E-state index in [-0.39, 0.29) is 35.7 Å². The van der Waals surface area contributed by atoms with E-state index < -0.39 is 0 Å². The minimum atomic E-state index is -0.245. The Morgan fingerprint density at radius 2 is 1.85 bits per heavy atom. The molecule has 0 unspecified atom stereocenters. The third-order valence-electron chi connectivity index (χ3n) is 3.90. The highest BCUT2D eigenvalue weighted by molar-refractivity contribution is 14.0. The number of amides is 1. The fraction of sp³-hybridized carbons (Fsp3) is 0.368. The zero-order valence-corrected chi connectivity index (χ0v) is 18.1. The molecule has 0 saturated carbocycles. The number of nitrogens with zero attached hydrogens (tertiary/aromatic N) is 2. The Bertz CT molecular complexity index is 746. The van der Waals surface area contributed by atoms with Gasteiger partial charge in [-0.05, 0) is 37.1 Å². The van der Waals surface area contributed by atoms with E-state index >= 15 is 0 Å². The van der Waals surface area contributed by atoms with Crippen LogP contribution in [0.1, 0.15) is 28.1 Å². The first-order valence-electron chi connectivity index (χ1n) is 8.49. The van der Waals surface area contributed by atoms with E-state index in [1.165, 1.54) is 18.4 Å². The molecule has 2 rings (SSSR count). The monoisotopic (exact) mass is 488 g/mol. The van der Waals surface area contributed by atoms with Crippen molar-refractivity contribution in [3.63, 3.8) is 0 Å². The molecule has 1 aromatic carbocycles. The molecule has 0 aliphatic carbocycles. The summed E-state index contributed by atoms with van der Waals surface area (Å²) in [5, 5.41) is 6.08. The quantitative estimate of drug-likeness (QED) is 0.272. The molecule has 6 nitrogen and oxygen atoms in total. The predicted octanol–water partition coefficient (Wildman–Crippen LogP) is 3.17. The van der Waals surface area contributed by atoms with E-state index in [2.05, 4.69) is 15.6 Å². The Morgan fingerprint density at radius 1 is 1.19 bits per heavy atom. The molecular weight excluding hydrogens is 462 g/mol. The van der Waals surface area contributed by atoms with Crippen LogP contribution in [-0.2, 0) is 6.54 Å². The number of aliphatic imine (C=N–C) groups is 1. The molecular formula is C19H26FIN4O2. The number of hydrogen-bond acceptors (Lipinski definition) is 3. The lowest BCUT2D eigenvalue weighted by Gasteiger charge is -2.22. The van der Waals surface area contributed by atoms with E-state index in [4.69, 9.17) is 4.42 Å². The maximum Gasteiger partial charge on any atom is 0.287 e. The molecule has 27 heavy (non-hydrogen) atoms. The van der Waals surface area contributed by atoms with Gasteiger partial charge in [-0.1, -0.05) is 12.1 Å². The zero-order valence-electron chi connectivity index (χ0n) is 15.8. The summed E-state index contributed by atoms with van der Waals surface area (Å²) in [6.07, 6.45) is 2.25. The first-order valence-corrected chi connectivity index (χ1v) is 8.49. The number of nitrogens with one attached hydrogen (secondary N) is 2. The molecule has 1 heterocycles. The number of halogens is 2. The molecule has 8 heteroatoms. The van der Waals surface area contributed by atoms with Crippen molar-refractivity contribution in [1.29, 1.82) is 0 Å². The van der Waals surface area contributed by atoms with Gasteiger partial charge in [-0.3, -0.25) is 9.79 Å². The van der Waals surface area contributed by atoms with Gasteiger partial charge in [0.05, 0.1) is 6.26 Å². The summed E-state index contributed by atoms with van der Waals surface area (Å²) in [6, 6.07) is 8.17. The molecule has 1 aromatic heterocycles. The number of hydrogen-bond donors (Lipinski definition) is 2. The molecule has 0 aliphatic rings. The number of guanidine groups is 1. The van der Waals surface area contributed by atoms with Crippen LogP contribution in [0.4, 0.5) is 4.39 Å². The van der Waals surface area contributed by atoms with Crippen LogP contribution in [0.25, 0.3) is 0 Å². The summed E-state index contributed by atoms with van der Waals surface area (Å²) in [6.45, 7) is 3.65. The minimum Gasteiger partial charge on any atom is -0.459 e. The van der Waals surface area contributed by atoms with Gasteiger partial charge in [-0.2, -0.15) is 0 Å². The summed E-state index contributed by atoms with van der Waals surface area (Å²) >= 11 is 0. The Labute approximate surface area is 176 Å². The minimum absolute atomic E-state index is 0. The normalized spacial score (nSPS) is 10.9. The first-order chi connectivity index (χ1) is 12.5. The maximum absolute atomic E-state index is 13.0. The number of furan rings is 1. The van der Waals surface area contributed by atoms with Gasteiger partial charge in [-0.25, -0.2) is 4.39 Å². The van der Waals surface area contributed by atoms with Crippen molar-refractivity contribution in [1.82, 2.24) is 15.5 Å². The van der Waals surface area contributed by atoms with Gasteiger partial charge in [0.15, 0.2) is 11.7 Å². The third-order valence-corrected chi connectivity index (χ3v) is 3.90. The van der Waals surface area contributed by atoms with Crippen molar-refractivity contribution < 1.29 is 13.6 Å².